The Balaban J connectivity index is 1.53. The van der Waals surface area contributed by atoms with Gasteiger partial charge in [0.25, 0.3) is 10.0 Å². The van der Waals surface area contributed by atoms with Crippen molar-refractivity contribution >= 4 is 39.1 Å². The smallest absolute Gasteiger partial charge is 0.261 e. The summed E-state index contributed by atoms with van der Waals surface area (Å²) in [6, 6.07) is 20.3. The number of nitrogens with zero attached hydrogens (tertiary/aromatic N) is 1. The SMILES string of the molecule is Cc1ccc(N2C(=O)CS[C@H]2c2ccc(NS(=O)(=O)c3ccc(C(C)(C)C)cc3)cc2)cc1C. The minimum atomic E-state index is -3.70. The Hall–Kier alpha value is -2.77. The van der Waals surface area contributed by atoms with Gasteiger partial charge < -0.3 is 0 Å². The number of benzene rings is 3. The van der Waals surface area contributed by atoms with Crippen LogP contribution < -0.4 is 9.62 Å². The van der Waals surface area contributed by atoms with Gasteiger partial charge in [-0.25, -0.2) is 8.42 Å². The fourth-order valence-corrected chi connectivity index (χ4v) is 6.13. The fraction of sp³-hybridized carbons (Fsp3) is 0.296. The van der Waals surface area contributed by atoms with E-state index in [1.165, 1.54) is 5.56 Å². The first-order valence-electron chi connectivity index (χ1n) is 11.2. The molecule has 5 nitrogen and oxygen atoms in total. The molecule has 7 heteroatoms. The number of carbonyl (C=O) groups excluding carboxylic acids is 1. The number of rotatable bonds is 5. The molecule has 1 atom stereocenters. The normalized spacial score (nSPS) is 16.7. The quantitative estimate of drug-likeness (QED) is 0.460. The van der Waals surface area contributed by atoms with Gasteiger partial charge in [-0.1, -0.05) is 51.1 Å². The fourth-order valence-electron chi connectivity index (χ4n) is 3.89. The third-order valence-electron chi connectivity index (χ3n) is 6.12. The predicted molar refractivity (Wildman–Crippen MR) is 141 cm³/mol. The second-order valence-electron chi connectivity index (χ2n) is 9.70. The zero-order valence-electron chi connectivity index (χ0n) is 20.1. The second-order valence-corrected chi connectivity index (χ2v) is 12.4. The summed E-state index contributed by atoms with van der Waals surface area (Å²) in [4.78, 5) is 14.7. The highest BCUT2D eigenvalue weighted by molar-refractivity contribution is 8.00. The Kier molecular flexibility index (Phi) is 6.53. The summed E-state index contributed by atoms with van der Waals surface area (Å²) in [7, 11) is -3.70. The van der Waals surface area contributed by atoms with Crippen molar-refractivity contribution in [3.05, 3.63) is 89.0 Å². The molecule has 0 bridgehead atoms. The summed E-state index contributed by atoms with van der Waals surface area (Å²) in [6.45, 7) is 10.4. The average molecular weight is 495 g/mol. The number of sulfonamides is 1. The summed E-state index contributed by atoms with van der Waals surface area (Å²) in [5, 5.41) is -0.148. The van der Waals surface area contributed by atoms with E-state index in [-0.39, 0.29) is 21.6 Å². The van der Waals surface area contributed by atoms with Crippen LogP contribution in [0.1, 0.15) is 48.4 Å². The van der Waals surface area contributed by atoms with Crippen molar-refractivity contribution in [1.29, 1.82) is 0 Å². The molecule has 0 unspecified atom stereocenters. The van der Waals surface area contributed by atoms with Gasteiger partial charge in [0, 0.05) is 11.4 Å². The van der Waals surface area contributed by atoms with Crippen molar-refractivity contribution in [1.82, 2.24) is 0 Å². The summed E-state index contributed by atoms with van der Waals surface area (Å²) in [5.41, 5.74) is 5.67. The van der Waals surface area contributed by atoms with E-state index >= 15 is 0 Å². The van der Waals surface area contributed by atoms with E-state index in [4.69, 9.17) is 0 Å². The van der Waals surface area contributed by atoms with Crippen molar-refractivity contribution in [2.24, 2.45) is 0 Å². The molecule has 1 saturated heterocycles. The van der Waals surface area contributed by atoms with Gasteiger partial charge in [0.2, 0.25) is 5.91 Å². The zero-order chi connectivity index (χ0) is 24.7. The number of amides is 1. The molecule has 1 aliphatic heterocycles. The highest BCUT2D eigenvalue weighted by Gasteiger charge is 2.34. The Labute approximate surface area is 206 Å². The summed E-state index contributed by atoms with van der Waals surface area (Å²) in [6.07, 6.45) is 0. The molecule has 0 aromatic heterocycles. The molecule has 178 valence electrons. The molecule has 3 aromatic rings. The first-order valence-corrected chi connectivity index (χ1v) is 13.7. The van der Waals surface area contributed by atoms with E-state index in [0.717, 1.165) is 22.4 Å². The highest BCUT2D eigenvalue weighted by atomic mass is 32.2. The summed E-state index contributed by atoms with van der Waals surface area (Å²) in [5.74, 6) is 0.484. The highest BCUT2D eigenvalue weighted by Crippen LogP contribution is 2.42. The van der Waals surface area contributed by atoms with Crippen molar-refractivity contribution < 1.29 is 13.2 Å². The first-order chi connectivity index (χ1) is 16.0. The van der Waals surface area contributed by atoms with Crippen LogP contribution >= 0.6 is 11.8 Å². The Bertz CT molecular complexity index is 1310. The Morgan fingerprint density at radius 2 is 1.56 bits per heavy atom. The third-order valence-corrected chi connectivity index (χ3v) is 8.72. The predicted octanol–water partition coefficient (Wildman–Crippen LogP) is 6.18. The van der Waals surface area contributed by atoms with E-state index in [2.05, 4.69) is 32.4 Å². The molecule has 1 aliphatic rings. The molecule has 0 spiro atoms. The number of nitrogens with one attached hydrogen (secondary N) is 1. The monoisotopic (exact) mass is 494 g/mol. The standard InChI is InChI=1S/C27H30N2O3S2/c1-18-6-13-23(16-19(18)2)29-25(30)17-33-26(29)20-7-11-22(12-8-20)28-34(31,32)24-14-9-21(10-15-24)27(3,4)5/h6-16,26,28H,17H2,1-5H3/t26-/m0/s1. The van der Waals surface area contributed by atoms with Gasteiger partial charge in [-0.15, -0.1) is 11.8 Å². The third kappa shape index (κ3) is 5.00. The Morgan fingerprint density at radius 1 is 0.912 bits per heavy atom. The topological polar surface area (TPSA) is 66.5 Å². The molecule has 1 fully saturated rings. The van der Waals surface area contributed by atoms with Crippen LogP contribution in [0.3, 0.4) is 0 Å². The van der Waals surface area contributed by atoms with E-state index in [1.807, 2.05) is 54.3 Å². The van der Waals surface area contributed by atoms with Gasteiger partial charge >= 0.3 is 0 Å². The largest absolute Gasteiger partial charge is 0.295 e. The van der Waals surface area contributed by atoms with Gasteiger partial charge in [-0.3, -0.25) is 14.4 Å². The molecule has 34 heavy (non-hydrogen) atoms. The average Bonchev–Trinajstić information content (AvgIpc) is 3.17. The van der Waals surface area contributed by atoms with Crippen LogP contribution in [0, 0.1) is 13.8 Å². The van der Waals surface area contributed by atoms with Gasteiger partial charge in [0.1, 0.15) is 5.37 Å². The zero-order valence-corrected chi connectivity index (χ0v) is 21.8. The minimum Gasteiger partial charge on any atom is -0.295 e. The molecule has 0 saturated carbocycles. The van der Waals surface area contributed by atoms with Crippen LogP contribution in [0.4, 0.5) is 11.4 Å². The van der Waals surface area contributed by atoms with Crippen molar-refractivity contribution in [2.45, 2.75) is 50.3 Å². The van der Waals surface area contributed by atoms with Gasteiger partial charge in [0.15, 0.2) is 0 Å². The lowest BCUT2D eigenvalue weighted by Crippen LogP contribution is -2.27. The maximum Gasteiger partial charge on any atom is 0.261 e. The molecule has 3 aromatic carbocycles. The maximum atomic E-state index is 12.9. The molecule has 0 aliphatic carbocycles. The summed E-state index contributed by atoms with van der Waals surface area (Å²) >= 11 is 1.57. The van der Waals surface area contributed by atoms with Gasteiger partial charge in [0.05, 0.1) is 10.6 Å². The molecule has 0 radical (unpaired) electrons. The lowest BCUT2D eigenvalue weighted by Gasteiger charge is -2.25. The molecular formula is C27H30N2O3S2. The molecule has 1 heterocycles. The lowest BCUT2D eigenvalue weighted by molar-refractivity contribution is -0.115. The number of thioether (sulfide) groups is 1. The van der Waals surface area contributed by atoms with E-state index in [1.54, 1.807) is 36.0 Å². The maximum absolute atomic E-state index is 12.9. The van der Waals surface area contributed by atoms with Crippen molar-refractivity contribution in [3.63, 3.8) is 0 Å². The van der Waals surface area contributed by atoms with Crippen LogP contribution in [0.25, 0.3) is 0 Å². The molecule has 4 rings (SSSR count). The van der Waals surface area contributed by atoms with E-state index < -0.39 is 10.0 Å². The van der Waals surface area contributed by atoms with Gasteiger partial charge in [-0.05, 0) is 77.9 Å². The van der Waals surface area contributed by atoms with Crippen LogP contribution in [0.5, 0.6) is 0 Å². The second kappa shape index (κ2) is 9.12. The van der Waals surface area contributed by atoms with E-state index in [0.29, 0.717) is 11.4 Å². The molecular weight excluding hydrogens is 464 g/mol. The van der Waals surface area contributed by atoms with Crippen LogP contribution in [-0.4, -0.2) is 20.1 Å². The number of hydrogen-bond donors (Lipinski definition) is 1. The number of hydrogen-bond acceptors (Lipinski definition) is 4. The van der Waals surface area contributed by atoms with Crippen molar-refractivity contribution in [2.75, 3.05) is 15.4 Å². The molecule has 1 amide bonds. The molecule has 1 N–H and O–H groups in total. The van der Waals surface area contributed by atoms with E-state index in [9.17, 15) is 13.2 Å². The van der Waals surface area contributed by atoms with Crippen LogP contribution in [0.2, 0.25) is 0 Å². The lowest BCUT2D eigenvalue weighted by atomic mass is 9.87. The summed E-state index contributed by atoms with van der Waals surface area (Å²) < 4.78 is 28.4. The van der Waals surface area contributed by atoms with Crippen LogP contribution in [0.15, 0.2) is 71.6 Å². The van der Waals surface area contributed by atoms with Crippen molar-refractivity contribution in [3.8, 4) is 0 Å². The first kappa shape index (κ1) is 24.4. The van der Waals surface area contributed by atoms with Gasteiger partial charge in [-0.2, -0.15) is 0 Å². The number of aryl methyl sites for hydroxylation is 2. The number of anilines is 2. The minimum absolute atomic E-state index is 0.0453. The number of carbonyl (C=O) groups is 1. The Morgan fingerprint density at radius 3 is 2.15 bits per heavy atom. The van der Waals surface area contributed by atoms with Crippen LogP contribution in [-0.2, 0) is 20.2 Å².